The van der Waals surface area contributed by atoms with Gasteiger partial charge in [-0.15, -0.1) is 26.4 Å². The monoisotopic (exact) mass is 835 g/mol. The minimum absolute atomic E-state index is 0.134. The Hall–Kier alpha value is -4.64. The number of sulfone groups is 1. The molecule has 15 nitrogen and oxygen atoms in total. The maximum Gasteiger partial charge on any atom is 0.279 e. The molecule has 284 valence electrons. The Morgan fingerprint density at radius 1 is 0.667 bits per heavy atom. The molecule has 0 radical (unpaired) electrons. The van der Waals surface area contributed by atoms with E-state index in [2.05, 4.69) is 9.97 Å². The summed E-state index contributed by atoms with van der Waals surface area (Å²) in [5, 5.41) is 22.5. The van der Waals surface area contributed by atoms with Crippen LogP contribution in [-0.2, 0) is 45.2 Å². The molecule has 2 aliphatic rings. The van der Waals surface area contributed by atoms with Gasteiger partial charge in [-0.2, -0.15) is 16.8 Å². The van der Waals surface area contributed by atoms with Gasteiger partial charge in [0.1, 0.15) is 28.8 Å². The summed E-state index contributed by atoms with van der Waals surface area (Å²) >= 11 is 2.10. The zero-order valence-electron chi connectivity index (χ0n) is 27.7. The molecule has 4 heterocycles. The minimum atomic E-state index is -4.66. The quantitative estimate of drug-likeness (QED) is 0.208. The molecule has 0 bridgehead atoms. The Balaban J connectivity index is 0.000000197. The summed E-state index contributed by atoms with van der Waals surface area (Å²) < 4.78 is 91.3. The van der Waals surface area contributed by atoms with Crippen molar-refractivity contribution >= 4 is 80.9 Å². The molecule has 21 heteroatoms. The number of amides is 2. The van der Waals surface area contributed by atoms with Crippen molar-refractivity contribution in [2.24, 2.45) is 0 Å². The van der Waals surface area contributed by atoms with E-state index in [4.69, 9.17) is 0 Å². The SMILES string of the molecule is O=C1[C@H](O)CCN1c1ccc(S(=O)(=O)Cc2nccs2)cc1.O=C1[C@H](O)CCN1c1ccc(S(=O)(=O)N(c2nccs2)S(=O)(=O)c2ccc(F)cc2)cc1. The highest BCUT2D eigenvalue weighted by Crippen LogP contribution is 2.33. The molecule has 2 fully saturated rings. The Kier molecular flexibility index (Phi) is 11.3. The minimum Gasteiger partial charge on any atom is -0.383 e. The first-order chi connectivity index (χ1) is 25.6. The molecule has 54 heavy (non-hydrogen) atoms. The number of rotatable bonds is 10. The number of nitrogens with zero attached hydrogens (tertiary/aromatic N) is 5. The van der Waals surface area contributed by atoms with Crippen LogP contribution in [0.15, 0.2) is 111 Å². The van der Waals surface area contributed by atoms with Gasteiger partial charge in [-0.1, -0.05) is 0 Å². The predicted octanol–water partition coefficient (Wildman–Crippen LogP) is 3.18. The highest BCUT2D eigenvalue weighted by Gasteiger charge is 2.39. The topological polar surface area (TPSA) is 213 Å². The van der Waals surface area contributed by atoms with Crippen LogP contribution in [-0.4, -0.2) is 82.5 Å². The van der Waals surface area contributed by atoms with Crippen molar-refractivity contribution in [2.75, 3.05) is 26.6 Å². The Morgan fingerprint density at radius 3 is 1.52 bits per heavy atom. The number of sulfonamides is 2. The number of carbonyl (C=O) groups excluding carboxylic acids is 2. The Labute approximate surface area is 317 Å². The van der Waals surface area contributed by atoms with Gasteiger partial charge in [0.25, 0.3) is 31.9 Å². The van der Waals surface area contributed by atoms with Gasteiger partial charge in [0, 0.05) is 60.5 Å². The normalized spacial score (nSPS) is 17.8. The number of aliphatic hydroxyl groups excluding tert-OH is 2. The third-order valence-corrected chi connectivity index (χ3v) is 16.0. The van der Waals surface area contributed by atoms with Crippen molar-refractivity contribution in [3.8, 4) is 0 Å². The second-order valence-electron chi connectivity index (χ2n) is 11.7. The van der Waals surface area contributed by atoms with E-state index in [1.165, 1.54) is 69.1 Å². The number of benzene rings is 3. The van der Waals surface area contributed by atoms with Crippen LogP contribution in [0.25, 0.3) is 0 Å². The summed E-state index contributed by atoms with van der Waals surface area (Å²) in [6.45, 7) is 0.710. The van der Waals surface area contributed by atoms with E-state index >= 15 is 0 Å². The second kappa shape index (κ2) is 15.6. The number of hydrogen-bond donors (Lipinski definition) is 2. The van der Waals surface area contributed by atoms with Gasteiger partial charge in [0.15, 0.2) is 9.84 Å². The maximum atomic E-state index is 13.4. The van der Waals surface area contributed by atoms with Gasteiger partial charge in [-0.25, -0.2) is 22.8 Å². The third-order valence-electron chi connectivity index (χ3n) is 8.23. The van der Waals surface area contributed by atoms with E-state index in [1.54, 1.807) is 23.7 Å². The second-order valence-corrected chi connectivity index (χ2v) is 19.4. The van der Waals surface area contributed by atoms with Gasteiger partial charge < -0.3 is 20.0 Å². The van der Waals surface area contributed by atoms with Gasteiger partial charge in [0.05, 0.1) is 14.7 Å². The first kappa shape index (κ1) is 39.1. The van der Waals surface area contributed by atoms with Crippen LogP contribution in [0.3, 0.4) is 0 Å². The molecule has 3 aromatic carbocycles. The molecule has 7 rings (SSSR count). The highest BCUT2D eigenvalue weighted by atomic mass is 32.3. The van der Waals surface area contributed by atoms with Crippen LogP contribution in [0.5, 0.6) is 0 Å². The molecule has 2 aliphatic heterocycles. The van der Waals surface area contributed by atoms with Gasteiger partial charge in [-0.05, 0) is 72.8 Å². The third kappa shape index (κ3) is 8.06. The molecular formula is C33H30FN5O10S5. The number of thiazole rings is 2. The van der Waals surface area contributed by atoms with E-state index in [1.807, 2.05) is 0 Å². The summed E-state index contributed by atoms with van der Waals surface area (Å²) in [6.07, 6.45) is 1.40. The summed E-state index contributed by atoms with van der Waals surface area (Å²) in [5.41, 5.74) is 0.961. The average molecular weight is 836 g/mol. The largest absolute Gasteiger partial charge is 0.383 e. The number of carbonyl (C=O) groups is 2. The molecule has 2 atom stereocenters. The molecule has 0 saturated carbocycles. The number of aromatic nitrogens is 2. The zero-order chi connectivity index (χ0) is 38.8. The number of halogens is 1. The molecule has 2 aromatic heterocycles. The van der Waals surface area contributed by atoms with Crippen LogP contribution in [0.2, 0.25) is 0 Å². The Bertz CT molecular complexity index is 2450. The smallest absolute Gasteiger partial charge is 0.279 e. The lowest BCUT2D eigenvalue weighted by Gasteiger charge is -2.22. The zero-order valence-corrected chi connectivity index (χ0v) is 31.8. The fourth-order valence-corrected chi connectivity index (χ4v) is 12.4. The standard InChI is InChI=1S/C19H16FN3O6S3.C14H14N2O4S2/c20-13-1-5-15(6-2-13)31(26,27)23(19-21-10-12-30-19)32(28,29)16-7-3-14(4-8-16)22-11-9-17(24)18(22)25;17-12-5-7-16(14(12)18)10-1-3-11(4-2-10)22(19,20)9-13-15-6-8-21-13/h1-8,10,12,17,24H,9,11H2;1-4,6,8,12,17H,5,7,9H2/t17-;12-/m11/s1. The highest BCUT2D eigenvalue weighted by molar-refractivity contribution is 8.10. The van der Waals surface area contributed by atoms with Gasteiger partial charge >= 0.3 is 0 Å². The maximum absolute atomic E-state index is 13.4. The lowest BCUT2D eigenvalue weighted by molar-refractivity contribution is -0.124. The molecule has 0 aliphatic carbocycles. The number of hydrogen-bond acceptors (Lipinski definition) is 14. The molecule has 2 saturated heterocycles. The first-order valence-electron chi connectivity index (χ1n) is 15.9. The van der Waals surface area contributed by atoms with Crippen molar-refractivity contribution in [3.05, 3.63) is 107 Å². The molecular weight excluding hydrogens is 806 g/mol. The van der Waals surface area contributed by atoms with Crippen molar-refractivity contribution in [1.29, 1.82) is 0 Å². The van der Waals surface area contributed by atoms with Crippen molar-refractivity contribution in [2.45, 2.75) is 45.5 Å². The van der Waals surface area contributed by atoms with E-state index in [-0.39, 0.29) is 43.3 Å². The van der Waals surface area contributed by atoms with Crippen LogP contribution >= 0.6 is 22.7 Å². The van der Waals surface area contributed by atoms with Crippen LogP contribution < -0.4 is 13.5 Å². The average Bonchev–Trinajstić information content (AvgIpc) is 3.97. The molecule has 0 spiro atoms. The molecule has 2 N–H and O–H groups in total. The van der Waals surface area contributed by atoms with Gasteiger partial charge in [-0.3, -0.25) is 9.59 Å². The summed E-state index contributed by atoms with van der Waals surface area (Å²) in [5.74, 6) is -1.65. The molecule has 2 amide bonds. The van der Waals surface area contributed by atoms with E-state index in [0.29, 0.717) is 29.3 Å². The predicted molar refractivity (Wildman–Crippen MR) is 197 cm³/mol. The Morgan fingerprint density at radius 2 is 1.11 bits per heavy atom. The van der Waals surface area contributed by atoms with Crippen LogP contribution in [0.1, 0.15) is 17.8 Å². The van der Waals surface area contributed by atoms with Crippen molar-refractivity contribution in [1.82, 2.24) is 9.97 Å². The summed E-state index contributed by atoms with van der Waals surface area (Å²) in [7, 11) is -12.8. The lowest BCUT2D eigenvalue weighted by atomic mass is 10.3. The lowest BCUT2D eigenvalue weighted by Crippen LogP contribution is -2.37. The molecule has 0 unspecified atom stereocenters. The molecule has 5 aromatic rings. The van der Waals surface area contributed by atoms with E-state index in [0.717, 1.165) is 35.6 Å². The van der Waals surface area contributed by atoms with E-state index < -0.39 is 58.7 Å². The van der Waals surface area contributed by atoms with Crippen LogP contribution in [0.4, 0.5) is 20.9 Å². The number of aliphatic hydroxyl groups is 2. The summed E-state index contributed by atoms with van der Waals surface area (Å²) in [4.78, 5) is 33.8. The fraction of sp³-hybridized carbons (Fsp3) is 0.212. The summed E-state index contributed by atoms with van der Waals surface area (Å²) in [6, 6.07) is 14.9. The first-order valence-corrected chi connectivity index (χ1v) is 22.1. The van der Waals surface area contributed by atoms with E-state index in [9.17, 15) is 49.4 Å². The van der Waals surface area contributed by atoms with Crippen LogP contribution in [0, 0.1) is 5.82 Å². The van der Waals surface area contributed by atoms with Crippen molar-refractivity contribution < 1.29 is 49.4 Å². The number of anilines is 3. The fourth-order valence-electron chi connectivity index (χ4n) is 5.48. The van der Waals surface area contributed by atoms with Gasteiger partial charge in [0.2, 0.25) is 5.13 Å². The van der Waals surface area contributed by atoms with Crippen molar-refractivity contribution in [3.63, 3.8) is 0 Å².